The molecule has 0 aliphatic rings. The maximum Gasteiger partial charge on any atom is 0.262 e. The second-order valence-electron chi connectivity index (χ2n) is 4.27. The van der Waals surface area contributed by atoms with Crippen LogP contribution in [-0.2, 0) is 4.79 Å². The molecule has 5 nitrogen and oxygen atoms in total. The van der Waals surface area contributed by atoms with E-state index in [9.17, 15) is 4.79 Å². The van der Waals surface area contributed by atoms with Crippen molar-refractivity contribution in [3.05, 3.63) is 48.3 Å². The smallest absolute Gasteiger partial charge is 0.262 e. The molecule has 0 saturated carbocycles. The maximum atomic E-state index is 11.8. The lowest BCUT2D eigenvalue weighted by atomic mass is 10.3. The number of carbonyl (C=O) groups is 1. The van der Waals surface area contributed by atoms with Crippen molar-refractivity contribution in [2.24, 2.45) is 0 Å². The van der Waals surface area contributed by atoms with Crippen molar-refractivity contribution < 1.29 is 14.3 Å². The van der Waals surface area contributed by atoms with E-state index in [0.29, 0.717) is 17.2 Å². The summed E-state index contributed by atoms with van der Waals surface area (Å²) in [7, 11) is 1.58. The Morgan fingerprint density at radius 1 is 1.25 bits per heavy atom. The van der Waals surface area contributed by atoms with Crippen LogP contribution in [0.15, 0.2) is 42.7 Å². The number of aryl methyl sites for hydroxylation is 1. The summed E-state index contributed by atoms with van der Waals surface area (Å²) in [6.07, 6.45) is 3.32. The van der Waals surface area contributed by atoms with Crippen molar-refractivity contribution in [1.29, 1.82) is 0 Å². The first-order valence-corrected chi connectivity index (χ1v) is 6.16. The van der Waals surface area contributed by atoms with Gasteiger partial charge in [-0.3, -0.25) is 9.78 Å². The number of pyridine rings is 1. The standard InChI is InChI=1S/C15H16N2O3/c1-11-6-12(9-16-8-11)17-15(18)10-20-14-5-3-4-13(7-14)19-2/h3-9H,10H2,1-2H3,(H,17,18). The van der Waals surface area contributed by atoms with Crippen LogP contribution in [0, 0.1) is 6.92 Å². The average molecular weight is 272 g/mol. The van der Waals surface area contributed by atoms with E-state index in [1.807, 2.05) is 19.1 Å². The van der Waals surface area contributed by atoms with Gasteiger partial charge in [-0.15, -0.1) is 0 Å². The summed E-state index contributed by atoms with van der Waals surface area (Å²) in [6, 6.07) is 8.95. The second-order valence-corrected chi connectivity index (χ2v) is 4.27. The number of nitrogens with one attached hydrogen (secondary N) is 1. The molecule has 0 fully saturated rings. The molecule has 0 saturated heterocycles. The first-order chi connectivity index (χ1) is 9.67. The van der Waals surface area contributed by atoms with Crippen molar-refractivity contribution >= 4 is 11.6 Å². The van der Waals surface area contributed by atoms with Gasteiger partial charge < -0.3 is 14.8 Å². The van der Waals surface area contributed by atoms with E-state index in [-0.39, 0.29) is 12.5 Å². The van der Waals surface area contributed by atoms with Crippen LogP contribution in [0.5, 0.6) is 11.5 Å². The van der Waals surface area contributed by atoms with Gasteiger partial charge in [0.1, 0.15) is 11.5 Å². The summed E-state index contributed by atoms with van der Waals surface area (Å²) >= 11 is 0. The van der Waals surface area contributed by atoms with Crippen LogP contribution in [0.1, 0.15) is 5.56 Å². The fourth-order valence-corrected chi connectivity index (χ4v) is 1.66. The van der Waals surface area contributed by atoms with E-state index in [0.717, 1.165) is 5.56 Å². The Morgan fingerprint density at radius 3 is 2.80 bits per heavy atom. The minimum absolute atomic E-state index is 0.0683. The van der Waals surface area contributed by atoms with E-state index in [2.05, 4.69) is 10.3 Å². The molecule has 0 aliphatic heterocycles. The molecule has 20 heavy (non-hydrogen) atoms. The summed E-state index contributed by atoms with van der Waals surface area (Å²) in [5, 5.41) is 2.72. The molecule has 2 aromatic rings. The lowest BCUT2D eigenvalue weighted by Gasteiger charge is -2.08. The van der Waals surface area contributed by atoms with Crippen LogP contribution >= 0.6 is 0 Å². The minimum atomic E-state index is -0.236. The zero-order valence-corrected chi connectivity index (χ0v) is 11.4. The number of aromatic nitrogens is 1. The molecule has 1 aromatic heterocycles. The van der Waals surface area contributed by atoms with Gasteiger partial charge in [0.2, 0.25) is 0 Å². The average Bonchev–Trinajstić information content (AvgIpc) is 2.45. The van der Waals surface area contributed by atoms with Gasteiger partial charge in [-0.25, -0.2) is 0 Å². The third-order valence-corrected chi connectivity index (χ3v) is 2.57. The Bertz CT molecular complexity index is 599. The number of amides is 1. The second kappa shape index (κ2) is 6.56. The zero-order chi connectivity index (χ0) is 14.4. The molecule has 0 radical (unpaired) electrons. The van der Waals surface area contributed by atoms with E-state index in [1.54, 1.807) is 37.7 Å². The topological polar surface area (TPSA) is 60.5 Å². The molecule has 0 unspecified atom stereocenters. The maximum absolute atomic E-state index is 11.8. The van der Waals surface area contributed by atoms with Crippen molar-refractivity contribution in [1.82, 2.24) is 4.98 Å². The van der Waals surface area contributed by atoms with Gasteiger partial charge in [-0.1, -0.05) is 6.07 Å². The Kier molecular flexibility index (Phi) is 4.55. The highest BCUT2D eigenvalue weighted by molar-refractivity contribution is 5.91. The van der Waals surface area contributed by atoms with Gasteiger partial charge in [-0.05, 0) is 30.7 Å². The van der Waals surface area contributed by atoms with E-state index >= 15 is 0 Å². The summed E-state index contributed by atoms with van der Waals surface area (Å²) in [4.78, 5) is 15.8. The molecule has 5 heteroatoms. The molecule has 0 atom stereocenters. The molecule has 1 amide bonds. The fraction of sp³-hybridized carbons (Fsp3) is 0.200. The van der Waals surface area contributed by atoms with Crippen LogP contribution < -0.4 is 14.8 Å². The van der Waals surface area contributed by atoms with Crippen molar-refractivity contribution in [3.8, 4) is 11.5 Å². The first-order valence-electron chi connectivity index (χ1n) is 6.16. The van der Waals surface area contributed by atoms with Crippen LogP contribution in [0.3, 0.4) is 0 Å². The minimum Gasteiger partial charge on any atom is -0.497 e. The quantitative estimate of drug-likeness (QED) is 0.908. The van der Waals surface area contributed by atoms with E-state index in [1.165, 1.54) is 0 Å². The first kappa shape index (κ1) is 13.9. The third kappa shape index (κ3) is 3.98. The number of anilines is 1. The summed E-state index contributed by atoms with van der Waals surface area (Å²) in [6.45, 7) is 1.84. The van der Waals surface area contributed by atoms with Crippen molar-refractivity contribution in [2.75, 3.05) is 19.0 Å². The Labute approximate surface area is 117 Å². The number of methoxy groups -OCH3 is 1. The van der Waals surface area contributed by atoms with Gasteiger partial charge in [-0.2, -0.15) is 0 Å². The normalized spacial score (nSPS) is 9.90. The van der Waals surface area contributed by atoms with Crippen molar-refractivity contribution in [3.63, 3.8) is 0 Å². The number of hydrogen-bond donors (Lipinski definition) is 1. The van der Waals surface area contributed by atoms with E-state index in [4.69, 9.17) is 9.47 Å². The third-order valence-electron chi connectivity index (χ3n) is 2.57. The molecule has 1 N–H and O–H groups in total. The molecule has 1 heterocycles. The van der Waals surface area contributed by atoms with Crippen LogP contribution in [0.4, 0.5) is 5.69 Å². The molecule has 1 aromatic carbocycles. The number of benzene rings is 1. The number of ether oxygens (including phenoxy) is 2. The number of hydrogen-bond acceptors (Lipinski definition) is 4. The Morgan fingerprint density at radius 2 is 2.05 bits per heavy atom. The van der Waals surface area contributed by atoms with E-state index < -0.39 is 0 Å². The monoisotopic (exact) mass is 272 g/mol. The number of carbonyl (C=O) groups excluding carboxylic acids is 1. The van der Waals surface area contributed by atoms with Crippen LogP contribution in [0.2, 0.25) is 0 Å². The van der Waals surface area contributed by atoms with Gasteiger partial charge in [0.05, 0.1) is 19.0 Å². The highest BCUT2D eigenvalue weighted by Crippen LogP contribution is 2.18. The van der Waals surface area contributed by atoms with Gasteiger partial charge in [0.25, 0.3) is 5.91 Å². The fourth-order valence-electron chi connectivity index (χ4n) is 1.66. The predicted octanol–water partition coefficient (Wildman–Crippen LogP) is 2.42. The largest absolute Gasteiger partial charge is 0.497 e. The summed E-state index contributed by atoms with van der Waals surface area (Å²) < 4.78 is 10.5. The van der Waals surface area contributed by atoms with Crippen molar-refractivity contribution in [2.45, 2.75) is 6.92 Å². The van der Waals surface area contributed by atoms with Gasteiger partial charge in [0.15, 0.2) is 6.61 Å². The number of rotatable bonds is 5. The molecule has 0 bridgehead atoms. The van der Waals surface area contributed by atoms with Gasteiger partial charge >= 0.3 is 0 Å². The highest BCUT2D eigenvalue weighted by atomic mass is 16.5. The van der Waals surface area contributed by atoms with Crippen LogP contribution in [0.25, 0.3) is 0 Å². The van der Waals surface area contributed by atoms with Crippen LogP contribution in [-0.4, -0.2) is 24.6 Å². The lowest BCUT2D eigenvalue weighted by Crippen LogP contribution is -2.20. The lowest BCUT2D eigenvalue weighted by molar-refractivity contribution is -0.118. The Hall–Kier alpha value is -2.56. The molecular weight excluding hydrogens is 256 g/mol. The zero-order valence-electron chi connectivity index (χ0n) is 11.4. The molecular formula is C15H16N2O3. The highest BCUT2D eigenvalue weighted by Gasteiger charge is 2.04. The summed E-state index contributed by atoms with van der Waals surface area (Å²) in [5.41, 5.74) is 1.64. The SMILES string of the molecule is COc1cccc(OCC(=O)Nc2cncc(C)c2)c1. The molecule has 2 rings (SSSR count). The number of nitrogens with zero attached hydrogens (tertiary/aromatic N) is 1. The summed E-state index contributed by atoms with van der Waals surface area (Å²) in [5.74, 6) is 1.04. The molecule has 104 valence electrons. The Balaban J connectivity index is 1.88. The predicted molar refractivity (Wildman–Crippen MR) is 76.1 cm³/mol. The molecule has 0 spiro atoms. The van der Waals surface area contributed by atoms with Gasteiger partial charge in [0, 0.05) is 12.3 Å². The molecule has 0 aliphatic carbocycles.